The summed E-state index contributed by atoms with van der Waals surface area (Å²) in [5.74, 6) is 1.00. The molecule has 0 aliphatic carbocycles. The molecule has 0 saturated carbocycles. The van der Waals surface area contributed by atoms with Crippen LogP contribution < -0.4 is 9.47 Å². The lowest BCUT2D eigenvalue weighted by Gasteiger charge is -2.23. The van der Waals surface area contributed by atoms with E-state index in [2.05, 4.69) is 25.1 Å². The standard InChI is InChI=1S/C27H32N6O5S/c1-7-38-26(21-15-28-18(3)14-29-21)19(4)39(34,35)16-24-31-32-27(20-11-8-10-17(2)30-20)33(24)25-22(36-5)12-9-13-23(25)37-6/h8-15,19,26H,7,16H2,1-6H3/t19-,26+/m0/s1. The highest BCUT2D eigenvalue weighted by Gasteiger charge is 2.35. The molecule has 0 aliphatic heterocycles. The molecule has 3 aromatic heterocycles. The van der Waals surface area contributed by atoms with E-state index < -0.39 is 26.9 Å². The summed E-state index contributed by atoms with van der Waals surface area (Å²) in [6, 6.07) is 10.8. The summed E-state index contributed by atoms with van der Waals surface area (Å²) in [6.07, 6.45) is 2.32. The van der Waals surface area contributed by atoms with Gasteiger partial charge < -0.3 is 14.2 Å². The second-order valence-electron chi connectivity index (χ2n) is 8.92. The molecular weight excluding hydrogens is 520 g/mol. The van der Waals surface area contributed by atoms with Gasteiger partial charge in [-0.15, -0.1) is 10.2 Å². The molecular formula is C27H32N6O5S. The van der Waals surface area contributed by atoms with E-state index in [1.807, 2.05) is 26.0 Å². The van der Waals surface area contributed by atoms with Gasteiger partial charge in [0, 0.05) is 18.5 Å². The number of nitrogens with zero attached hydrogens (tertiary/aromatic N) is 6. The van der Waals surface area contributed by atoms with E-state index in [1.165, 1.54) is 14.2 Å². The molecule has 0 fully saturated rings. The summed E-state index contributed by atoms with van der Waals surface area (Å²) in [7, 11) is -0.800. The lowest BCUT2D eigenvalue weighted by molar-refractivity contribution is 0.0586. The first-order valence-electron chi connectivity index (χ1n) is 12.4. The molecule has 0 N–H and O–H groups in total. The zero-order chi connectivity index (χ0) is 28.2. The molecule has 39 heavy (non-hydrogen) atoms. The Morgan fingerprint density at radius 3 is 2.21 bits per heavy atom. The molecule has 0 amide bonds. The Morgan fingerprint density at radius 1 is 0.923 bits per heavy atom. The molecule has 0 spiro atoms. The predicted molar refractivity (Wildman–Crippen MR) is 146 cm³/mol. The molecule has 3 heterocycles. The Hall–Kier alpha value is -3.90. The number of aromatic nitrogens is 6. The third-order valence-corrected chi connectivity index (χ3v) is 8.28. The predicted octanol–water partition coefficient (Wildman–Crippen LogP) is 3.83. The van der Waals surface area contributed by atoms with Crippen LogP contribution in [0.4, 0.5) is 0 Å². The highest BCUT2D eigenvalue weighted by atomic mass is 32.2. The summed E-state index contributed by atoms with van der Waals surface area (Å²) in [6.45, 7) is 7.39. The van der Waals surface area contributed by atoms with Gasteiger partial charge in [0.1, 0.15) is 34.7 Å². The molecule has 0 saturated heterocycles. The number of methoxy groups -OCH3 is 2. The highest BCUT2D eigenvalue weighted by Crippen LogP contribution is 2.37. The first kappa shape index (κ1) is 28.1. The van der Waals surface area contributed by atoms with Crippen LogP contribution in [0.1, 0.15) is 42.9 Å². The van der Waals surface area contributed by atoms with Crippen molar-refractivity contribution in [2.45, 2.75) is 44.8 Å². The molecule has 12 heteroatoms. The molecule has 11 nitrogen and oxygen atoms in total. The minimum Gasteiger partial charge on any atom is -0.494 e. The normalized spacial score (nSPS) is 13.2. The monoisotopic (exact) mass is 552 g/mol. The maximum atomic E-state index is 13.9. The summed E-state index contributed by atoms with van der Waals surface area (Å²) in [4.78, 5) is 13.2. The number of hydrogen-bond donors (Lipinski definition) is 0. The fraction of sp³-hybridized carbons (Fsp3) is 0.370. The number of sulfone groups is 1. The van der Waals surface area contributed by atoms with Gasteiger partial charge in [-0.3, -0.25) is 14.5 Å². The number of rotatable bonds is 11. The first-order valence-corrected chi connectivity index (χ1v) is 14.1. The van der Waals surface area contributed by atoms with Crippen LogP contribution in [0.25, 0.3) is 17.2 Å². The van der Waals surface area contributed by atoms with Crippen molar-refractivity contribution in [3.8, 4) is 28.7 Å². The number of benzene rings is 1. The molecule has 1 aromatic carbocycles. The van der Waals surface area contributed by atoms with Gasteiger partial charge in [-0.05, 0) is 52.0 Å². The van der Waals surface area contributed by atoms with Gasteiger partial charge in [0.15, 0.2) is 21.5 Å². The molecule has 4 aromatic rings. The third kappa shape index (κ3) is 5.91. The number of ether oxygens (including phenoxy) is 3. The van der Waals surface area contributed by atoms with Gasteiger partial charge in [-0.2, -0.15) is 0 Å². The molecule has 206 valence electrons. The van der Waals surface area contributed by atoms with Crippen molar-refractivity contribution < 1.29 is 22.6 Å². The fourth-order valence-electron chi connectivity index (χ4n) is 4.22. The minimum absolute atomic E-state index is 0.174. The van der Waals surface area contributed by atoms with Crippen LogP contribution in [0, 0.1) is 13.8 Å². The van der Waals surface area contributed by atoms with Crippen LogP contribution in [0.15, 0.2) is 48.8 Å². The zero-order valence-corrected chi connectivity index (χ0v) is 23.6. The zero-order valence-electron chi connectivity index (χ0n) is 22.8. The minimum atomic E-state index is -3.86. The molecule has 0 radical (unpaired) electrons. The number of aryl methyl sites for hydroxylation is 2. The van der Waals surface area contributed by atoms with Crippen LogP contribution in [-0.2, 0) is 20.3 Å². The van der Waals surface area contributed by atoms with Gasteiger partial charge in [-0.1, -0.05) is 12.1 Å². The van der Waals surface area contributed by atoms with E-state index in [9.17, 15) is 8.42 Å². The van der Waals surface area contributed by atoms with Crippen molar-refractivity contribution in [3.05, 3.63) is 71.7 Å². The number of pyridine rings is 1. The van der Waals surface area contributed by atoms with Crippen molar-refractivity contribution in [1.82, 2.24) is 29.7 Å². The third-order valence-electron chi connectivity index (χ3n) is 6.23. The average molecular weight is 553 g/mol. The van der Waals surface area contributed by atoms with E-state index in [0.29, 0.717) is 41.0 Å². The van der Waals surface area contributed by atoms with Crippen LogP contribution in [0.3, 0.4) is 0 Å². The summed E-state index contributed by atoms with van der Waals surface area (Å²) >= 11 is 0. The summed E-state index contributed by atoms with van der Waals surface area (Å²) < 4.78 is 46.5. The fourth-order valence-corrected chi connectivity index (χ4v) is 5.62. The van der Waals surface area contributed by atoms with E-state index in [4.69, 9.17) is 14.2 Å². The lowest BCUT2D eigenvalue weighted by Crippen LogP contribution is -2.30. The topological polar surface area (TPSA) is 131 Å². The smallest absolute Gasteiger partial charge is 0.187 e. The van der Waals surface area contributed by atoms with Crippen LogP contribution >= 0.6 is 0 Å². The maximum Gasteiger partial charge on any atom is 0.187 e. The molecule has 4 rings (SSSR count). The lowest BCUT2D eigenvalue weighted by atomic mass is 10.2. The van der Waals surface area contributed by atoms with Crippen molar-refractivity contribution in [3.63, 3.8) is 0 Å². The second-order valence-corrected chi connectivity index (χ2v) is 11.3. The molecule has 0 bridgehead atoms. The number of para-hydroxylation sites is 1. The Bertz CT molecular complexity index is 1520. The largest absolute Gasteiger partial charge is 0.494 e. The van der Waals surface area contributed by atoms with Crippen LogP contribution in [0.2, 0.25) is 0 Å². The van der Waals surface area contributed by atoms with Crippen molar-refractivity contribution in [2.75, 3.05) is 20.8 Å². The average Bonchev–Trinajstić information content (AvgIpc) is 3.33. The van der Waals surface area contributed by atoms with Crippen molar-refractivity contribution in [1.29, 1.82) is 0 Å². The quantitative estimate of drug-likeness (QED) is 0.270. The highest BCUT2D eigenvalue weighted by molar-refractivity contribution is 7.91. The Morgan fingerprint density at radius 2 is 1.62 bits per heavy atom. The van der Waals surface area contributed by atoms with Gasteiger partial charge in [0.2, 0.25) is 0 Å². The second kappa shape index (κ2) is 11.9. The van der Waals surface area contributed by atoms with Gasteiger partial charge in [0.25, 0.3) is 0 Å². The maximum absolute atomic E-state index is 13.9. The van der Waals surface area contributed by atoms with E-state index >= 15 is 0 Å². The Labute approximate surface area is 228 Å². The van der Waals surface area contributed by atoms with Gasteiger partial charge in [-0.25, -0.2) is 13.4 Å². The van der Waals surface area contributed by atoms with Gasteiger partial charge in [0.05, 0.1) is 37.1 Å². The Kier molecular flexibility index (Phi) is 8.56. The molecule has 0 aliphatic rings. The van der Waals surface area contributed by atoms with E-state index in [1.54, 1.807) is 55.1 Å². The SMILES string of the molecule is CCO[C@@H](c1cnc(C)cn1)[C@H](C)S(=O)(=O)Cc1nnc(-c2cccc(C)n2)n1-c1c(OC)cccc1OC. The van der Waals surface area contributed by atoms with E-state index in [-0.39, 0.29) is 5.82 Å². The van der Waals surface area contributed by atoms with Crippen molar-refractivity contribution >= 4 is 9.84 Å². The molecule has 0 unspecified atom stereocenters. The number of hydrogen-bond acceptors (Lipinski definition) is 10. The van der Waals surface area contributed by atoms with Crippen molar-refractivity contribution in [2.24, 2.45) is 0 Å². The summed E-state index contributed by atoms with van der Waals surface area (Å²) in [5, 5.41) is 7.73. The van der Waals surface area contributed by atoms with E-state index in [0.717, 1.165) is 11.4 Å². The Balaban J connectivity index is 1.84. The van der Waals surface area contributed by atoms with Crippen LogP contribution in [0.5, 0.6) is 11.5 Å². The summed E-state index contributed by atoms with van der Waals surface area (Å²) in [5.41, 5.74) is 2.93. The van der Waals surface area contributed by atoms with Gasteiger partial charge >= 0.3 is 0 Å². The first-order chi connectivity index (χ1) is 18.7. The molecule has 2 atom stereocenters. The van der Waals surface area contributed by atoms with Crippen LogP contribution in [-0.4, -0.2) is 64.2 Å².